The van der Waals surface area contributed by atoms with E-state index < -0.39 is 0 Å². The van der Waals surface area contributed by atoms with E-state index in [4.69, 9.17) is 5.26 Å². The average molecular weight is 134 g/mol. The predicted molar refractivity (Wildman–Crippen MR) is 40.1 cm³/mol. The van der Waals surface area contributed by atoms with E-state index in [-0.39, 0.29) is 0 Å². The van der Waals surface area contributed by atoms with Gasteiger partial charge in [-0.3, -0.25) is 0 Å². The van der Waals surface area contributed by atoms with Gasteiger partial charge in [0.05, 0.1) is 11.6 Å². The first-order valence-corrected chi connectivity index (χ1v) is 3.23. The van der Waals surface area contributed by atoms with Gasteiger partial charge in [0, 0.05) is 26.2 Å². The number of nitrogens with zero attached hydrogens (tertiary/aromatic N) is 2. The maximum absolute atomic E-state index is 8.61. The Morgan fingerprint density at radius 2 is 2.30 bits per heavy atom. The largest absolute Gasteiger partial charge is 0.377 e. The molecule has 0 aromatic rings. The van der Waals surface area contributed by atoms with Gasteiger partial charge >= 0.3 is 0 Å². The third-order valence-corrected chi connectivity index (χ3v) is 1.52. The minimum atomic E-state index is 0.796. The van der Waals surface area contributed by atoms with Crippen molar-refractivity contribution in [1.29, 1.82) is 5.26 Å². The number of rotatable bonds is 1. The lowest BCUT2D eigenvalue weighted by atomic mass is 10.2. The van der Waals surface area contributed by atoms with Crippen LogP contribution in [0.15, 0.2) is 23.4 Å². The van der Waals surface area contributed by atoms with Crippen molar-refractivity contribution in [2.24, 2.45) is 0 Å². The van der Waals surface area contributed by atoms with Crippen molar-refractivity contribution in [3.05, 3.63) is 23.4 Å². The van der Waals surface area contributed by atoms with E-state index in [1.54, 1.807) is 0 Å². The molecule has 0 fully saturated rings. The van der Waals surface area contributed by atoms with Crippen molar-refractivity contribution in [2.75, 3.05) is 14.1 Å². The summed E-state index contributed by atoms with van der Waals surface area (Å²) in [6.07, 6.45) is 4.79. The van der Waals surface area contributed by atoms with Crippen LogP contribution in [0.3, 0.4) is 0 Å². The average Bonchev–Trinajstić information content (AvgIpc) is 2.33. The summed E-state index contributed by atoms with van der Waals surface area (Å²) >= 11 is 0. The van der Waals surface area contributed by atoms with E-state index in [9.17, 15) is 0 Å². The molecule has 0 unspecified atom stereocenters. The SMILES string of the molecule is CN(C)C1=C(C#N)CC=C1. The Kier molecular flexibility index (Phi) is 1.77. The van der Waals surface area contributed by atoms with Crippen molar-refractivity contribution in [2.45, 2.75) is 6.42 Å². The van der Waals surface area contributed by atoms with Crippen LogP contribution in [0.5, 0.6) is 0 Å². The van der Waals surface area contributed by atoms with E-state index >= 15 is 0 Å². The molecule has 0 N–H and O–H groups in total. The normalized spacial score (nSPS) is 15.7. The van der Waals surface area contributed by atoms with Crippen LogP contribution >= 0.6 is 0 Å². The number of hydrogen-bond donors (Lipinski definition) is 0. The van der Waals surface area contributed by atoms with Gasteiger partial charge in [-0.25, -0.2) is 0 Å². The molecule has 0 amide bonds. The first kappa shape index (κ1) is 6.88. The monoisotopic (exact) mass is 134 g/mol. The van der Waals surface area contributed by atoms with Gasteiger partial charge in [0.2, 0.25) is 0 Å². The molecule has 0 radical (unpaired) electrons. The first-order valence-electron chi connectivity index (χ1n) is 3.23. The molecule has 0 heterocycles. The lowest BCUT2D eigenvalue weighted by Gasteiger charge is -2.11. The van der Waals surface area contributed by atoms with Gasteiger partial charge in [0.25, 0.3) is 0 Å². The Labute approximate surface area is 61.1 Å². The second-order valence-corrected chi connectivity index (χ2v) is 2.48. The van der Waals surface area contributed by atoms with Crippen molar-refractivity contribution >= 4 is 0 Å². The number of hydrogen-bond acceptors (Lipinski definition) is 2. The summed E-state index contributed by atoms with van der Waals surface area (Å²) in [6.45, 7) is 0. The van der Waals surface area contributed by atoms with Crippen molar-refractivity contribution in [3.8, 4) is 6.07 Å². The zero-order valence-corrected chi connectivity index (χ0v) is 6.26. The van der Waals surface area contributed by atoms with E-state index in [0.29, 0.717) is 0 Å². The molecule has 0 saturated heterocycles. The third kappa shape index (κ3) is 1.03. The smallest absolute Gasteiger partial charge is 0.0972 e. The Morgan fingerprint density at radius 3 is 2.70 bits per heavy atom. The minimum absolute atomic E-state index is 0.796. The summed E-state index contributed by atoms with van der Waals surface area (Å²) in [5.41, 5.74) is 1.91. The first-order chi connectivity index (χ1) is 4.75. The van der Waals surface area contributed by atoms with Gasteiger partial charge < -0.3 is 4.90 Å². The van der Waals surface area contributed by atoms with E-state index in [0.717, 1.165) is 17.7 Å². The third-order valence-electron chi connectivity index (χ3n) is 1.52. The molecule has 1 rings (SSSR count). The molecular weight excluding hydrogens is 124 g/mol. The summed E-state index contributed by atoms with van der Waals surface area (Å²) in [6, 6.07) is 2.17. The Morgan fingerprint density at radius 1 is 1.60 bits per heavy atom. The minimum Gasteiger partial charge on any atom is -0.377 e. The zero-order valence-electron chi connectivity index (χ0n) is 6.26. The Balaban J connectivity index is 2.90. The van der Waals surface area contributed by atoms with Gasteiger partial charge in [0.1, 0.15) is 0 Å². The molecule has 0 aromatic carbocycles. The van der Waals surface area contributed by atoms with Crippen molar-refractivity contribution < 1.29 is 0 Å². The molecule has 52 valence electrons. The van der Waals surface area contributed by atoms with Gasteiger partial charge in [-0.2, -0.15) is 5.26 Å². The summed E-state index contributed by atoms with van der Waals surface area (Å²) in [7, 11) is 3.89. The quantitative estimate of drug-likeness (QED) is 0.540. The van der Waals surface area contributed by atoms with Gasteiger partial charge in [-0.15, -0.1) is 0 Å². The fourth-order valence-corrected chi connectivity index (χ4v) is 1.02. The summed E-state index contributed by atoms with van der Waals surface area (Å²) < 4.78 is 0. The molecule has 1 aliphatic carbocycles. The standard InChI is InChI=1S/C8H10N2/c1-10(2)8-5-3-4-7(8)6-9/h3,5H,4H2,1-2H3. The second kappa shape index (κ2) is 2.57. The van der Waals surface area contributed by atoms with E-state index in [1.165, 1.54) is 0 Å². The van der Waals surface area contributed by atoms with Gasteiger partial charge in [-0.05, 0) is 6.08 Å². The highest BCUT2D eigenvalue weighted by molar-refractivity contribution is 5.40. The topological polar surface area (TPSA) is 27.0 Å². The number of allylic oxidation sites excluding steroid dienone is 3. The molecule has 0 spiro atoms. The summed E-state index contributed by atoms with van der Waals surface area (Å²) in [4.78, 5) is 1.96. The van der Waals surface area contributed by atoms with Crippen LogP contribution in [0.4, 0.5) is 0 Å². The second-order valence-electron chi connectivity index (χ2n) is 2.48. The highest BCUT2D eigenvalue weighted by atomic mass is 15.1. The van der Waals surface area contributed by atoms with Crippen LogP contribution in [-0.4, -0.2) is 19.0 Å². The Hall–Kier alpha value is -1.23. The van der Waals surface area contributed by atoms with Crippen LogP contribution in [0, 0.1) is 11.3 Å². The lowest BCUT2D eigenvalue weighted by molar-refractivity contribution is 0.528. The van der Waals surface area contributed by atoms with Crippen LogP contribution in [0.2, 0.25) is 0 Å². The molecular formula is C8H10N2. The molecule has 2 heteroatoms. The van der Waals surface area contributed by atoms with Crippen molar-refractivity contribution in [1.82, 2.24) is 4.90 Å². The molecule has 0 bridgehead atoms. The molecule has 0 saturated carbocycles. The van der Waals surface area contributed by atoms with Gasteiger partial charge in [0.15, 0.2) is 0 Å². The zero-order chi connectivity index (χ0) is 7.56. The summed E-state index contributed by atoms with van der Waals surface area (Å²) in [5.74, 6) is 0. The molecule has 0 atom stereocenters. The maximum atomic E-state index is 8.61. The highest BCUT2D eigenvalue weighted by Crippen LogP contribution is 2.18. The highest BCUT2D eigenvalue weighted by Gasteiger charge is 2.08. The maximum Gasteiger partial charge on any atom is 0.0972 e. The molecule has 0 aromatic heterocycles. The molecule has 2 nitrogen and oxygen atoms in total. The van der Waals surface area contributed by atoms with Crippen LogP contribution in [0.1, 0.15) is 6.42 Å². The molecule has 0 aliphatic heterocycles. The van der Waals surface area contributed by atoms with E-state index in [1.807, 2.05) is 31.1 Å². The molecule has 1 aliphatic rings. The number of nitriles is 1. The van der Waals surface area contributed by atoms with Crippen molar-refractivity contribution in [3.63, 3.8) is 0 Å². The Bertz CT molecular complexity index is 228. The predicted octanol–water partition coefficient (Wildman–Crippen LogP) is 1.29. The fourth-order valence-electron chi connectivity index (χ4n) is 1.02. The van der Waals surface area contributed by atoms with Crippen LogP contribution in [0.25, 0.3) is 0 Å². The van der Waals surface area contributed by atoms with E-state index in [2.05, 4.69) is 6.07 Å². The molecule has 10 heavy (non-hydrogen) atoms. The lowest BCUT2D eigenvalue weighted by Crippen LogP contribution is -2.09. The summed E-state index contributed by atoms with van der Waals surface area (Å²) in [5, 5.41) is 8.61. The number of likely N-dealkylation sites (N-methyl/N-ethyl adjacent to an activating group) is 1. The van der Waals surface area contributed by atoms with Crippen LogP contribution < -0.4 is 0 Å². The van der Waals surface area contributed by atoms with Crippen LogP contribution in [-0.2, 0) is 0 Å². The fraction of sp³-hybridized carbons (Fsp3) is 0.375. The van der Waals surface area contributed by atoms with Gasteiger partial charge in [-0.1, -0.05) is 6.08 Å².